The highest BCUT2D eigenvalue weighted by atomic mass is 79.9. The molecule has 0 aromatic rings. The molecule has 0 aliphatic carbocycles. The smallest absolute Gasteiger partial charge is 0.231 e. The molecule has 16 heavy (non-hydrogen) atoms. The van der Waals surface area contributed by atoms with E-state index >= 15 is 0 Å². The fraction of sp³-hybridized carbons (Fsp3) is 0.909. The van der Waals surface area contributed by atoms with Gasteiger partial charge < -0.3 is 5.73 Å². The van der Waals surface area contributed by atoms with E-state index in [1.807, 2.05) is 27.7 Å². The van der Waals surface area contributed by atoms with Crippen LogP contribution in [0.5, 0.6) is 0 Å². The van der Waals surface area contributed by atoms with E-state index in [9.17, 15) is 10.0 Å². The number of hydroxylamine groups is 2. The number of carbonyl (C=O) groups excluding carboxylic acids is 1. The quantitative estimate of drug-likeness (QED) is 0.789. The van der Waals surface area contributed by atoms with Crippen LogP contribution < -0.4 is 5.73 Å². The lowest BCUT2D eigenvalue weighted by molar-refractivity contribution is -0.293. The molecule has 0 bridgehead atoms. The Balaban J connectivity index is 2.91. The molecular weight excluding hydrogens is 272 g/mol. The number of nitrogens with zero attached hydrogens (tertiary/aromatic N) is 1. The predicted molar refractivity (Wildman–Crippen MR) is 65.3 cm³/mol. The summed E-state index contributed by atoms with van der Waals surface area (Å²) in [5.74, 6) is -0.233. The number of hydrogen-bond donors (Lipinski definition) is 1. The van der Waals surface area contributed by atoms with Gasteiger partial charge in [-0.3, -0.25) is 4.79 Å². The molecule has 0 spiro atoms. The molecule has 93 valence electrons. The van der Waals surface area contributed by atoms with Crippen LogP contribution in [0.1, 0.15) is 40.5 Å². The monoisotopic (exact) mass is 291 g/mol. The average molecular weight is 292 g/mol. The van der Waals surface area contributed by atoms with Gasteiger partial charge in [0.15, 0.2) is 0 Å². The highest BCUT2D eigenvalue weighted by Gasteiger charge is 2.48. The normalized spacial score (nSPS) is 27.6. The number of halogens is 1. The molecule has 1 unspecified atom stereocenters. The Bertz CT molecular complexity index is 274. The van der Waals surface area contributed by atoms with Crippen LogP contribution in [0.15, 0.2) is 0 Å². The minimum atomic E-state index is -0.451. The van der Waals surface area contributed by atoms with E-state index in [4.69, 9.17) is 5.73 Å². The molecule has 0 aromatic heterocycles. The van der Waals surface area contributed by atoms with Crippen molar-refractivity contribution < 1.29 is 10.0 Å². The summed E-state index contributed by atoms with van der Waals surface area (Å²) in [5, 5.41) is 13.2. The molecule has 1 amide bonds. The molecule has 1 atom stereocenters. The van der Waals surface area contributed by atoms with Crippen molar-refractivity contribution in [3.05, 3.63) is 0 Å². The minimum Gasteiger partial charge on any atom is -0.369 e. The Kier molecular flexibility index (Phi) is 3.72. The summed E-state index contributed by atoms with van der Waals surface area (Å²) < 4.78 is 0. The van der Waals surface area contributed by atoms with Gasteiger partial charge in [-0.1, -0.05) is 15.9 Å². The van der Waals surface area contributed by atoms with E-state index in [2.05, 4.69) is 15.9 Å². The van der Waals surface area contributed by atoms with Crippen LogP contribution in [0, 0.1) is 5.92 Å². The molecule has 1 fully saturated rings. The van der Waals surface area contributed by atoms with E-state index < -0.39 is 11.1 Å². The second kappa shape index (κ2) is 4.27. The fourth-order valence-corrected chi connectivity index (χ4v) is 3.15. The SMILES string of the molecule is CC1(C)CC(C(Br)C(N)=O)CC(C)(C)N1[O]. The van der Waals surface area contributed by atoms with Gasteiger partial charge in [-0.05, 0) is 46.5 Å². The maximum Gasteiger partial charge on any atom is 0.231 e. The summed E-state index contributed by atoms with van der Waals surface area (Å²) in [6.07, 6.45) is 1.36. The number of rotatable bonds is 2. The first-order valence-electron chi connectivity index (χ1n) is 5.49. The van der Waals surface area contributed by atoms with Crippen molar-refractivity contribution in [2.75, 3.05) is 0 Å². The van der Waals surface area contributed by atoms with Crippen molar-refractivity contribution in [3.8, 4) is 0 Å². The Morgan fingerprint density at radius 1 is 1.31 bits per heavy atom. The van der Waals surface area contributed by atoms with Crippen LogP contribution in [-0.2, 0) is 10.0 Å². The average Bonchev–Trinajstić information content (AvgIpc) is 2.11. The Morgan fingerprint density at radius 2 is 1.69 bits per heavy atom. The second-order valence-corrected chi connectivity index (χ2v) is 6.88. The van der Waals surface area contributed by atoms with Crippen molar-refractivity contribution in [2.24, 2.45) is 11.7 Å². The number of piperidine rings is 1. The number of amides is 1. The van der Waals surface area contributed by atoms with Crippen LogP contribution in [0.25, 0.3) is 0 Å². The van der Waals surface area contributed by atoms with Gasteiger partial charge in [0.25, 0.3) is 0 Å². The first-order chi connectivity index (χ1) is 7.08. The van der Waals surface area contributed by atoms with Gasteiger partial charge in [0.1, 0.15) is 0 Å². The van der Waals surface area contributed by atoms with Crippen LogP contribution in [0.3, 0.4) is 0 Å². The van der Waals surface area contributed by atoms with Gasteiger partial charge >= 0.3 is 0 Å². The molecular formula is C11H20BrN2O2. The Hall–Kier alpha value is -0.130. The van der Waals surface area contributed by atoms with Crippen molar-refractivity contribution >= 4 is 21.8 Å². The highest BCUT2D eigenvalue weighted by Crippen LogP contribution is 2.42. The zero-order chi connectivity index (χ0) is 12.7. The molecule has 1 rings (SSSR count). The molecule has 1 aliphatic heterocycles. The van der Waals surface area contributed by atoms with Crippen LogP contribution >= 0.6 is 15.9 Å². The lowest BCUT2D eigenvalue weighted by atomic mass is 9.74. The molecule has 5 heteroatoms. The first kappa shape index (κ1) is 13.9. The van der Waals surface area contributed by atoms with Crippen LogP contribution in [0.4, 0.5) is 0 Å². The summed E-state index contributed by atoms with van der Waals surface area (Å²) in [4.78, 5) is 10.8. The number of alkyl halides is 1. The predicted octanol–water partition coefficient (Wildman–Crippen LogP) is 1.85. The van der Waals surface area contributed by atoms with Gasteiger partial charge in [0, 0.05) is 11.1 Å². The third kappa shape index (κ3) is 2.57. The van der Waals surface area contributed by atoms with Crippen molar-refractivity contribution in [2.45, 2.75) is 56.4 Å². The molecule has 0 aromatic carbocycles. The first-order valence-corrected chi connectivity index (χ1v) is 6.40. The van der Waals surface area contributed by atoms with E-state index in [-0.39, 0.29) is 16.7 Å². The second-order valence-electron chi connectivity index (χ2n) is 5.89. The Morgan fingerprint density at radius 3 is 2.00 bits per heavy atom. The third-order valence-corrected chi connectivity index (χ3v) is 4.51. The molecule has 1 radical (unpaired) electrons. The molecule has 1 heterocycles. The summed E-state index contributed by atoms with van der Waals surface area (Å²) in [7, 11) is 0. The van der Waals surface area contributed by atoms with E-state index in [0.29, 0.717) is 12.8 Å². The topological polar surface area (TPSA) is 66.2 Å². The molecule has 2 N–H and O–H groups in total. The van der Waals surface area contributed by atoms with Crippen LogP contribution in [-0.4, -0.2) is 26.9 Å². The molecule has 1 aliphatic rings. The highest BCUT2D eigenvalue weighted by molar-refractivity contribution is 9.10. The van der Waals surface area contributed by atoms with E-state index in [0.717, 1.165) is 5.06 Å². The van der Waals surface area contributed by atoms with Gasteiger partial charge in [0.2, 0.25) is 5.91 Å². The largest absolute Gasteiger partial charge is 0.369 e. The third-order valence-electron chi connectivity index (χ3n) is 3.31. The summed E-state index contributed by atoms with van der Waals surface area (Å²) in [6.45, 7) is 7.65. The van der Waals surface area contributed by atoms with Gasteiger partial charge in [-0.15, -0.1) is 10.3 Å². The number of carbonyl (C=O) groups is 1. The van der Waals surface area contributed by atoms with Gasteiger partial charge in [-0.2, -0.15) is 0 Å². The van der Waals surface area contributed by atoms with Gasteiger partial charge in [0.05, 0.1) is 4.83 Å². The summed E-state index contributed by atoms with van der Waals surface area (Å²) in [5.41, 5.74) is 4.40. The van der Waals surface area contributed by atoms with Crippen LogP contribution in [0.2, 0.25) is 0 Å². The Labute approximate surface area is 105 Å². The van der Waals surface area contributed by atoms with E-state index in [1.165, 1.54) is 0 Å². The fourth-order valence-electron chi connectivity index (χ4n) is 2.78. The zero-order valence-corrected chi connectivity index (χ0v) is 11.9. The lowest BCUT2D eigenvalue weighted by Crippen LogP contribution is -2.59. The van der Waals surface area contributed by atoms with Crippen molar-refractivity contribution in [1.29, 1.82) is 0 Å². The molecule has 0 saturated carbocycles. The molecule has 1 saturated heterocycles. The maximum atomic E-state index is 12.1. The van der Waals surface area contributed by atoms with Crippen molar-refractivity contribution in [3.63, 3.8) is 0 Å². The standard InChI is InChI=1S/C11H20BrN2O2/c1-10(2)5-7(8(12)9(13)15)6-11(3,4)14(10)16/h7-8H,5-6H2,1-4H3,(H2,13,15). The summed E-state index contributed by atoms with van der Waals surface area (Å²) >= 11 is 3.33. The molecule has 4 nitrogen and oxygen atoms in total. The van der Waals surface area contributed by atoms with Gasteiger partial charge in [-0.25, -0.2) is 0 Å². The number of nitrogens with two attached hydrogens (primary N) is 1. The number of primary amides is 1. The van der Waals surface area contributed by atoms with Crippen molar-refractivity contribution in [1.82, 2.24) is 5.06 Å². The lowest BCUT2D eigenvalue weighted by Gasteiger charge is -2.50. The minimum absolute atomic E-state index is 0.118. The zero-order valence-electron chi connectivity index (χ0n) is 10.3. The van der Waals surface area contributed by atoms with E-state index in [1.54, 1.807) is 0 Å². The summed E-state index contributed by atoms with van der Waals surface area (Å²) in [6, 6.07) is 0. The maximum absolute atomic E-state index is 12.1. The number of hydrogen-bond acceptors (Lipinski definition) is 2.